The molecule has 6 heavy (non-hydrogen) atoms. The summed E-state index contributed by atoms with van der Waals surface area (Å²) >= 11 is 4.93. The van der Waals surface area contributed by atoms with Gasteiger partial charge in [0.05, 0.1) is 0 Å². The van der Waals surface area contributed by atoms with E-state index in [1.54, 1.807) is 0 Å². The molecule has 1 unspecified atom stereocenters. The Labute approximate surface area is 41.9 Å². The Morgan fingerprint density at radius 3 is 2.50 bits per heavy atom. The summed E-state index contributed by atoms with van der Waals surface area (Å²) in [6.07, 6.45) is 0. The molecule has 32 valence electrons. The maximum Gasteiger partial charge on any atom is 0.494 e. The quantitative estimate of drug-likeness (QED) is 0.384. The van der Waals surface area contributed by atoms with Crippen molar-refractivity contribution in [2.75, 3.05) is 0 Å². The van der Waals surface area contributed by atoms with Crippen molar-refractivity contribution in [1.29, 1.82) is 0 Å². The average Bonchev–Trinajstić information content (AvgIpc) is 1.35. The lowest BCUT2D eigenvalue weighted by Gasteiger charge is -1.40. The smallest absolute Gasteiger partial charge is 0.0780 e. The molecule has 0 aliphatic heterocycles. The van der Waals surface area contributed by atoms with Crippen molar-refractivity contribution in [3.63, 3.8) is 0 Å². The molecule has 0 rings (SSSR count). The van der Waals surface area contributed by atoms with E-state index in [2.05, 4.69) is 12.3 Å². The molecule has 0 saturated carbocycles. The van der Waals surface area contributed by atoms with E-state index in [0.29, 0.717) is 0 Å². The standard InChI is InChI=1S/C3H3ClOP/c1-2-3-6(4)5/h3H,1H2/q+1. The molecule has 0 saturated heterocycles. The molecule has 3 heteroatoms. The third-order valence-electron chi connectivity index (χ3n) is 0.193. The number of hydrogen-bond donors (Lipinski definition) is 0. The van der Waals surface area contributed by atoms with Gasteiger partial charge in [-0.3, -0.25) is 0 Å². The average molecular weight is 121 g/mol. The molecule has 1 atom stereocenters. The highest BCUT2D eigenvalue weighted by molar-refractivity contribution is 7.76. The van der Waals surface area contributed by atoms with Crippen molar-refractivity contribution in [2.45, 2.75) is 0 Å². The lowest BCUT2D eigenvalue weighted by Crippen LogP contribution is -1.23. The summed E-state index contributed by atoms with van der Waals surface area (Å²) < 4.78 is 9.80. The first-order chi connectivity index (χ1) is 2.77. The van der Waals surface area contributed by atoms with E-state index < -0.39 is 7.15 Å². The molecule has 0 aromatic rings. The van der Waals surface area contributed by atoms with Gasteiger partial charge in [-0.1, -0.05) is 12.3 Å². The van der Waals surface area contributed by atoms with Gasteiger partial charge in [0.15, 0.2) is 0 Å². The molecule has 0 spiro atoms. The summed E-state index contributed by atoms with van der Waals surface area (Å²) in [6.45, 7) is 3.15. The third kappa shape index (κ3) is 3.91. The monoisotopic (exact) mass is 121 g/mol. The lowest BCUT2D eigenvalue weighted by atomic mass is 11.0. The van der Waals surface area contributed by atoms with Crippen molar-refractivity contribution in [2.24, 2.45) is 0 Å². The van der Waals surface area contributed by atoms with Gasteiger partial charge in [0.25, 0.3) is 0 Å². The Balaban J connectivity index is 3.60. The van der Waals surface area contributed by atoms with Crippen LogP contribution in [0.3, 0.4) is 0 Å². The van der Waals surface area contributed by atoms with Gasteiger partial charge < -0.3 is 0 Å². The summed E-state index contributed by atoms with van der Waals surface area (Å²) in [6, 6.07) is 0. The minimum Gasteiger partial charge on any atom is -0.0780 e. The summed E-state index contributed by atoms with van der Waals surface area (Å²) in [5.41, 5.74) is 2.28. The van der Waals surface area contributed by atoms with Crippen LogP contribution in [0.2, 0.25) is 0 Å². The second-order valence-corrected chi connectivity index (χ2v) is 2.41. The van der Waals surface area contributed by atoms with Crippen LogP contribution >= 0.6 is 18.4 Å². The number of rotatable bonds is 1. The Morgan fingerprint density at radius 2 is 2.50 bits per heavy atom. The molecule has 0 N–H and O–H groups in total. The first kappa shape index (κ1) is 5.91. The molecule has 0 aliphatic carbocycles. The van der Waals surface area contributed by atoms with Crippen LogP contribution in [0.15, 0.2) is 18.1 Å². The molecule has 0 bridgehead atoms. The van der Waals surface area contributed by atoms with Crippen molar-refractivity contribution in [3.8, 4) is 0 Å². The Hall–Kier alpha value is -0.0900. The maximum absolute atomic E-state index is 9.80. The predicted molar refractivity (Wildman–Crippen MR) is 27.2 cm³/mol. The molecular formula is C3H3ClOP+. The second kappa shape index (κ2) is 3.11. The van der Waals surface area contributed by atoms with Crippen LogP contribution in [0.4, 0.5) is 0 Å². The zero-order chi connectivity index (χ0) is 4.99. The fraction of sp³-hybridized carbons (Fsp3) is 0. The van der Waals surface area contributed by atoms with Gasteiger partial charge in [-0.25, -0.2) is 0 Å². The highest BCUT2D eigenvalue weighted by atomic mass is 35.7. The summed E-state index contributed by atoms with van der Waals surface area (Å²) in [5, 5.41) is 0. The van der Waals surface area contributed by atoms with Crippen molar-refractivity contribution < 1.29 is 4.57 Å². The minimum absolute atomic E-state index is 1.21. The predicted octanol–water partition coefficient (Wildman–Crippen LogP) is 2.27. The van der Waals surface area contributed by atoms with E-state index in [0.717, 1.165) is 0 Å². The molecule has 0 aliphatic rings. The van der Waals surface area contributed by atoms with Gasteiger partial charge in [0.1, 0.15) is 0 Å². The summed E-state index contributed by atoms with van der Waals surface area (Å²) in [7, 11) is -1.68. The molecule has 0 fully saturated rings. The minimum atomic E-state index is -1.68. The van der Waals surface area contributed by atoms with E-state index in [1.807, 2.05) is 0 Å². The van der Waals surface area contributed by atoms with Crippen molar-refractivity contribution >= 4 is 18.4 Å². The van der Waals surface area contributed by atoms with E-state index in [4.69, 9.17) is 11.2 Å². The van der Waals surface area contributed by atoms with Crippen molar-refractivity contribution in [3.05, 3.63) is 18.1 Å². The molecule has 0 aromatic heterocycles. The fourth-order valence-electron chi connectivity index (χ4n) is 0.0718. The molecule has 0 amide bonds. The van der Waals surface area contributed by atoms with Gasteiger partial charge in [-0.05, 0) is 4.57 Å². The highest BCUT2D eigenvalue weighted by Gasteiger charge is 1.98. The van der Waals surface area contributed by atoms with Gasteiger partial charge in [-0.2, -0.15) is 0 Å². The van der Waals surface area contributed by atoms with Crippen LogP contribution in [-0.2, 0) is 4.57 Å². The maximum atomic E-state index is 9.80. The van der Waals surface area contributed by atoms with Crippen LogP contribution in [0.25, 0.3) is 0 Å². The van der Waals surface area contributed by atoms with Gasteiger partial charge >= 0.3 is 7.15 Å². The third-order valence-corrected chi connectivity index (χ3v) is 0.871. The fourth-order valence-corrected chi connectivity index (χ4v) is 0.422. The van der Waals surface area contributed by atoms with E-state index >= 15 is 0 Å². The molecule has 0 radical (unpaired) electrons. The van der Waals surface area contributed by atoms with Gasteiger partial charge in [0, 0.05) is 0 Å². The first-order valence-corrected chi connectivity index (χ1v) is 3.49. The largest absolute Gasteiger partial charge is 0.494 e. The topological polar surface area (TPSA) is 17.1 Å². The van der Waals surface area contributed by atoms with E-state index in [-0.39, 0.29) is 0 Å². The molecular weight excluding hydrogens is 118 g/mol. The molecule has 1 nitrogen and oxygen atoms in total. The van der Waals surface area contributed by atoms with Gasteiger partial charge in [0.2, 0.25) is 17.1 Å². The zero-order valence-electron chi connectivity index (χ0n) is 3.02. The second-order valence-electron chi connectivity index (χ2n) is 0.605. The Bertz CT molecular complexity index is 103. The van der Waals surface area contributed by atoms with Crippen molar-refractivity contribution in [1.82, 2.24) is 0 Å². The zero-order valence-corrected chi connectivity index (χ0v) is 4.67. The highest BCUT2D eigenvalue weighted by Crippen LogP contribution is 2.26. The van der Waals surface area contributed by atoms with Crippen LogP contribution in [0, 0.1) is 0 Å². The normalized spacial score (nSPS) is 9.17. The van der Waals surface area contributed by atoms with E-state index in [1.165, 1.54) is 5.82 Å². The summed E-state index contributed by atoms with van der Waals surface area (Å²) in [5.74, 6) is 1.21. The van der Waals surface area contributed by atoms with Crippen LogP contribution in [0.1, 0.15) is 0 Å². The lowest BCUT2D eigenvalue weighted by molar-refractivity contribution is 0.600. The summed E-state index contributed by atoms with van der Waals surface area (Å²) in [4.78, 5) is 0. The molecule has 0 heterocycles. The SMILES string of the molecule is C=C=C[P+](=O)Cl. The number of hydrogen-bond acceptors (Lipinski definition) is 1. The van der Waals surface area contributed by atoms with Crippen LogP contribution in [0.5, 0.6) is 0 Å². The van der Waals surface area contributed by atoms with Crippen LogP contribution in [-0.4, -0.2) is 0 Å². The Morgan fingerprint density at radius 1 is 2.00 bits per heavy atom. The van der Waals surface area contributed by atoms with Gasteiger partial charge in [-0.15, -0.1) is 0 Å². The molecule has 0 aromatic carbocycles. The first-order valence-electron chi connectivity index (χ1n) is 1.25. The Kier molecular flexibility index (Phi) is 3.07. The number of halogens is 1. The van der Waals surface area contributed by atoms with Crippen LogP contribution < -0.4 is 0 Å². The van der Waals surface area contributed by atoms with E-state index in [9.17, 15) is 4.57 Å².